The molecule has 0 saturated carbocycles. The van der Waals surface area contributed by atoms with E-state index in [2.05, 4.69) is 25.9 Å². The predicted molar refractivity (Wildman–Crippen MR) is 110 cm³/mol. The van der Waals surface area contributed by atoms with Crippen LogP contribution in [0, 0.1) is 6.92 Å². The molecular weight excluding hydrogens is 410 g/mol. The van der Waals surface area contributed by atoms with Crippen LogP contribution >= 0.6 is 27.7 Å². The molecule has 0 spiro atoms. The lowest BCUT2D eigenvalue weighted by Crippen LogP contribution is -2.33. The maximum atomic E-state index is 12.7. The molecule has 0 saturated heterocycles. The zero-order valence-corrected chi connectivity index (χ0v) is 17.3. The first-order valence-corrected chi connectivity index (χ1v) is 10.0. The minimum absolute atomic E-state index is 0.0623. The molecule has 1 aromatic heterocycles. The second-order valence-electron chi connectivity index (χ2n) is 6.15. The number of carbonyl (C=O) groups is 1. The van der Waals surface area contributed by atoms with Crippen LogP contribution < -0.4 is 0 Å². The summed E-state index contributed by atoms with van der Waals surface area (Å²) in [4.78, 5) is 24.6. The summed E-state index contributed by atoms with van der Waals surface area (Å²) in [6.45, 7) is 4.30. The highest BCUT2D eigenvalue weighted by Gasteiger charge is 2.20. The van der Waals surface area contributed by atoms with E-state index in [1.54, 1.807) is 23.7 Å². The molecule has 0 aliphatic carbocycles. The van der Waals surface area contributed by atoms with Crippen molar-refractivity contribution in [3.05, 3.63) is 64.5 Å². The van der Waals surface area contributed by atoms with E-state index >= 15 is 0 Å². The molecule has 0 fully saturated rings. The number of halogens is 1. The minimum Gasteiger partial charge on any atom is -0.337 e. The van der Waals surface area contributed by atoms with E-state index in [-0.39, 0.29) is 11.2 Å². The molecule has 2 aromatic carbocycles. The molecule has 0 bridgehead atoms. The van der Waals surface area contributed by atoms with Crippen LogP contribution in [0.5, 0.6) is 0 Å². The Hall–Kier alpha value is -1.92. The van der Waals surface area contributed by atoms with Crippen LogP contribution in [0.4, 0.5) is 0 Å². The molecule has 26 heavy (non-hydrogen) atoms. The van der Waals surface area contributed by atoms with Crippen molar-refractivity contribution in [2.75, 3.05) is 7.05 Å². The maximum Gasteiger partial charge on any atom is 0.235 e. The number of aromatic nitrogens is 2. The first-order chi connectivity index (χ1) is 12.4. The van der Waals surface area contributed by atoms with Gasteiger partial charge in [-0.15, -0.1) is 11.8 Å². The zero-order chi connectivity index (χ0) is 18.7. The first-order valence-electron chi connectivity index (χ1n) is 8.33. The average molecular weight is 430 g/mol. The van der Waals surface area contributed by atoms with Gasteiger partial charge in [-0.1, -0.05) is 34.1 Å². The number of hydrogen-bond donors (Lipinski definition) is 0. The molecule has 1 atom stereocenters. The van der Waals surface area contributed by atoms with Gasteiger partial charge in [0.25, 0.3) is 0 Å². The standard InChI is InChI=1S/C20H20BrN3OS/c1-13-17-6-4-5-7-18(17)23-19(22-13)12-24(3)20(25)14(2)26-16-10-8-15(21)9-11-16/h4-11,14H,12H2,1-3H3. The largest absolute Gasteiger partial charge is 0.337 e. The van der Waals surface area contributed by atoms with Gasteiger partial charge < -0.3 is 4.90 Å². The van der Waals surface area contributed by atoms with E-state index < -0.39 is 0 Å². The fourth-order valence-corrected chi connectivity index (χ4v) is 3.98. The van der Waals surface area contributed by atoms with Crippen LogP contribution in [0.3, 0.4) is 0 Å². The highest BCUT2D eigenvalue weighted by Crippen LogP contribution is 2.26. The second-order valence-corrected chi connectivity index (χ2v) is 8.48. The van der Waals surface area contributed by atoms with Gasteiger partial charge in [0.05, 0.1) is 17.3 Å². The van der Waals surface area contributed by atoms with E-state index in [0.717, 1.165) is 26.0 Å². The molecule has 3 rings (SSSR count). The predicted octanol–water partition coefficient (Wildman–Crippen LogP) is 4.84. The lowest BCUT2D eigenvalue weighted by atomic mass is 10.2. The third kappa shape index (κ3) is 4.43. The van der Waals surface area contributed by atoms with E-state index in [1.807, 2.05) is 62.4 Å². The zero-order valence-electron chi connectivity index (χ0n) is 14.9. The number of aryl methyl sites for hydroxylation is 1. The van der Waals surface area contributed by atoms with Crippen LogP contribution in [0.25, 0.3) is 10.9 Å². The minimum atomic E-state index is -0.178. The van der Waals surface area contributed by atoms with Gasteiger partial charge in [0.1, 0.15) is 5.82 Å². The molecule has 1 unspecified atom stereocenters. The van der Waals surface area contributed by atoms with Crippen LogP contribution in [-0.2, 0) is 11.3 Å². The summed E-state index contributed by atoms with van der Waals surface area (Å²) in [6.07, 6.45) is 0. The average Bonchev–Trinajstić information content (AvgIpc) is 2.63. The Kier molecular flexibility index (Phi) is 5.94. The van der Waals surface area contributed by atoms with Crippen molar-refractivity contribution in [3.8, 4) is 0 Å². The number of nitrogens with zero attached hydrogens (tertiary/aromatic N) is 3. The van der Waals surface area contributed by atoms with Crippen molar-refractivity contribution in [1.82, 2.24) is 14.9 Å². The van der Waals surface area contributed by atoms with Gasteiger partial charge in [-0.3, -0.25) is 4.79 Å². The Morgan fingerprint density at radius 1 is 1.15 bits per heavy atom. The molecule has 0 aliphatic heterocycles. The highest BCUT2D eigenvalue weighted by molar-refractivity contribution is 9.10. The van der Waals surface area contributed by atoms with Gasteiger partial charge >= 0.3 is 0 Å². The number of amides is 1. The number of hydrogen-bond acceptors (Lipinski definition) is 4. The monoisotopic (exact) mass is 429 g/mol. The van der Waals surface area contributed by atoms with Crippen molar-refractivity contribution in [2.45, 2.75) is 30.5 Å². The molecule has 4 nitrogen and oxygen atoms in total. The van der Waals surface area contributed by atoms with Crippen molar-refractivity contribution in [1.29, 1.82) is 0 Å². The van der Waals surface area contributed by atoms with Crippen LogP contribution in [0.2, 0.25) is 0 Å². The van der Waals surface area contributed by atoms with Gasteiger partial charge in [0, 0.05) is 27.5 Å². The van der Waals surface area contributed by atoms with Crippen molar-refractivity contribution < 1.29 is 4.79 Å². The van der Waals surface area contributed by atoms with E-state index in [0.29, 0.717) is 12.4 Å². The van der Waals surface area contributed by atoms with E-state index in [4.69, 9.17) is 0 Å². The molecular formula is C20H20BrN3OS. The van der Waals surface area contributed by atoms with E-state index in [1.165, 1.54) is 0 Å². The topological polar surface area (TPSA) is 46.1 Å². The summed E-state index contributed by atoms with van der Waals surface area (Å²) >= 11 is 4.98. The number of benzene rings is 2. The van der Waals surface area contributed by atoms with Gasteiger partial charge in [-0.05, 0) is 44.2 Å². The molecule has 3 aromatic rings. The quantitative estimate of drug-likeness (QED) is 0.544. The first kappa shape index (κ1) is 18.9. The summed E-state index contributed by atoms with van der Waals surface area (Å²) in [7, 11) is 1.80. The van der Waals surface area contributed by atoms with Gasteiger partial charge in [-0.2, -0.15) is 0 Å². The van der Waals surface area contributed by atoms with Crippen LogP contribution in [-0.4, -0.2) is 33.1 Å². The summed E-state index contributed by atoms with van der Waals surface area (Å²) in [5.74, 6) is 0.727. The summed E-state index contributed by atoms with van der Waals surface area (Å²) in [5, 5.41) is 0.868. The van der Waals surface area contributed by atoms with Crippen molar-refractivity contribution >= 4 is 44.5 Å². The number of para-hydroxylation sites is 1. The Bertz CT molecular complexity index is 930. The third-order valence-corrected chi connectivity index (χ3v) is 5.70. The van der Waals surface area contributed by atoms with Crippen molar-refractivity contribution in [2.24, 2.45) is 0 Å². The molecule has 1 amide bonds. The van der Waals surface area contributed by atoms with E-state index in [9.17, 15) is 4.79 Å². The maximum absolute atomic E-state index is 12.7. The Morgan fingerprint density at radius 3 is 2.58 bits per heavy atom. The summed E-state index contributed by atoms with van der Waals surface area (Å²) in [5.41, 5.74) is 1.84. The number of rotatable bonds is 5. The normalized spacial score (nSPS) is 12.2. The highest BCUT2D eigenvalue weighted by atomic mass is 79.9. The third-order valence-electron chi connectivity index (χ3n) is 4.07. The fraction of sp³-hybridized carbons (Fsp3) is 0.250. The van der Waals surface area contributed by atoms with Crippen molar-refractivity contribution in [3.63, 3.8) is 0 Å². The van der Waals surface area contributed by atoms with Gasteiger partial charge in [0.2, 0.25) is 5.91 Å². The molecule has 0 radical (unpaired) electrons. The van der Waals surface area contributed by atoms with Gasteiger partial charge in [0.15, 0.2) is 0 Å². The smallest absolute Gasteiger partial charge is 0.235 e. The molecule has 6 heteroatoms. The van der Waals surface area contributed by atoms with Crippen LogP contribution in [0.1, 0.15) is 18.4 Å². The molecule has 0 aliphatic rings. The second kappa shape index (κ2) is 8.18. The summed E-state index contributed by atoms with van der Waals surface area (Å²) in [6, 6.07) is 15.9. The lowest BCUT2D eigenvalue weighted by molar-refractivity contribution is -0.129. The van der Waals surface area contributed by atoms with Gasteiger partial charge in [-0.25, -0.2) is 9.97 Å². The Morgan fingerprint density at radius 2 is 1.85 bits per heavy atom. The lowest BCUT2D eigenvalue weighted by Gasteiger charge is -2.21. The Labute approximate surface area is 166 Å². The fourth-order valence-electron chi connectivity index (χ4n) is 2.73. The number of carbonyl (C=O) groups excluding carboxylic acids is 1. The molecule has 0 N–H and O–H groups in total. The molecule has 1 heterocycles. The van der Waals surface area contributed by atoms with Crippen LogP contribution in [0.15, 0.2) is 57.9 Å². The Balaban J connectivity index is 1.69. The number of thioether (sulfide) groups is 1. The molecule has 134 valence electrons. The summed E-state index contributed by atoms with van der Waals surface area (Å²) < 4.78 is 1.03. The number of fused-ring (bicyclic) bond motifs is 1. The SMILES string of the molecule is Cc1nc(CN(C)C(=O)C(C)Sc2ccc(Br)cc2)nc2ccccc12.